The number of rotatable bonds is 8. The van der Waals surface area contributed by atoms with Crippen LogP contribution < -0.4 is 15.8 Å². The number of hydrogen-bond acceptors (Lipinski definition) is 9. The predicted molar refractivity (Wildman–Crippen MR) is 115 cm³/mol. The van der Waals surface area contributed by atoms with Crippen LogP contribution in [-0.2, 0) is 30.4 Å². The highest BCUT2D eigenvalue weighted by molar-refractivity contribution is 5.99. The molecule has 2 aliphatic heterocycles. The highest BCUT2D eigenvalue weighted by Crippen LogP contribution is 2.30. The Labute approximate surface area is 186 Å². The first-order valence-electron chi connectivity index (χ1n) is 10.4. The molecule has 32 heavy (non-hydrogen) atoms. The summed E-state index contributed by atoms with van der Waals surface area (Å²) in [6.45, 7) is 4.50. The Bertz CT molecular complexity index is 883. The van der Waals surface area contributed by atoms with E-state index in [-0.39, 0.29) is 24.3 Å². The summed E-state index contributed by atoms with van der Waals surface area (Å²) >= 11 is 0. The van der Waals surface area contributed by atoms with Crippen LogP contribution in [0.1, 0.15) is 18.9 Å². The summed E-state index contributed by atoms with van der Waals surface area (Å²) in [5.74, 6) is -0.253. The number of carbonyl (C=O) groups is 3. The molecule has 0 spiro atoms. The second kappa shape index (κ2) is 10.9. The molecule has 174 valence electrons. The molecule has 1 aromatic rings. The number of nitrogens with two attached hydrogens (primary N) is 1. The number of benzene rings is 1. The molecule has 1 atom stereocenters. The van der Waals surface area contributed by atoms with Crippen LogP contribution in [0.4, 0.5) is 5.69 Å². The molecule has 0 aromatic heterocycles. The highest BCUT2D eigenvalue weighted by atomic mass is 16.5. The number of nitrogens with one attached hydrogen (secondary N) is 1. The fourth-order valence-corrected chi connectivity index (χ4v) is 3.63. The molecule has 3 N–H and O–H groups in total. The number of fused-ring (bicyclic) bond motifs is 1. The third kappa shape index (κ3) is 6.17. The van der Waals surface area contributed by atoms with Crippen molar-refractivity contribution in [1.82, 2.24) is 15.1 Å². The highest BCUT2D eigenvalue weighted by Gasteiger charge is 2.26. The van der Waals surface area contributed by atoms with Crippen molar-refractivity contribution in [3.8, 4) is 5.75 Å². The fraction of sp³-hybridized carbons (Fsp3) is 0.524. The lowest BCUT2D eigenvalue weighted by Crippen LogP contribution is -2.50. The van der Waals surface area contributed by atoms with Crippen LogP contribution in [0.25, 0.3) is 0 Å². The summed E-state index contributed by atoms with van der Waals surface area (Å²) in [6, 6.07) is 5.02. The van der Waals surface area contributed by atoms with E-state index in [9.17, 15) is 14.4 Å². The Morgan fingerprint density at radius 2 is 2.03 bits per heavy atom. The number of nitrogens with zero attached hydrogens (tertiary/aromatic N) is 3. The molecule has 1 fully saturated rings. The zero-order chi connectivity index (χ0) is 23.1. The Hall–Kier alpha value is -3.18. The normalized spacial score (nSPS) is 17.1. The topological polar surface area (TPSA) is 136 Å². The first-order valence-corrected chi connectivity index (χ1v) is 10.4. The van der Waals surface area contributed by atoms with E-state index in [1.165, 1.54) is 14.0 Å². The SMILES string of the molecule is COC(=O)CN1Cc2ccc(OCCC(C(N)=O)N3CCOCC3)cc2N=C1NC(C)=O. The van der Waals surface area contributed by atoms with Gasteiger partial charge >= 0.3 is 5.97 Å². The van der Waals surface area contributed by atoms with Crippen LogP contribution in [0.15, 0.2) is 23.2 Å². The van der Waals surface area contributed by atoms with E-state index >= 15 is 0 Å². The number of methoxy groups -OCH3 is 1. The average molecular weight is 447 g/mol. The van der Waals surface area contributed by atoms with Gasteiger partial charge in [-0.05, 0) is 11.6 Å². The Morgan fingerprint density at radius 1 is 1.28 bits per heavy atom. The predicted octanol–water partition coefficient (Wildman–Crippen LogP) is -0.246. The summed E-state index contributed by atoms with van der Waals surface area (Å²) < 4.78 is 15.9. The van der Waals surface area contributed by atoms with Gasteiger partial charge in [-0.25, -0.2) is 4.99 Å². The van der Waals surface area contributed by atoms with Crippen LogP contribution in [-0.4, -0.2) is 86.1 Å². The van der Waals surface area contributed by atoms with Crippen LogP contribution in [0.2, 0.25) is 0 Å². The number of carbonyl (C=O) groups excluding carboxylic acids is 3. The van der Waals surface area contributed by atoms with Gasteiger partial charge < -0.3 is 24.8 Å². The van der Waals surface area contributed by atoms with E-state index in [0.29, 0.717) is 57.3 Å². The number of primary amides is 1. The fourth-order valence-electron chi connectivity index (χ4n) is 3.63. The van der Waals surface area contributed by atoms with E-state index in [1.807, 2.05) is 17.0 Å². The van der Waals surface area contributed by atoms with E-state index in [0.717, 1.165) is 5.56 Å². The third-order valence-corrected chi connectivity index (χ3v) is 5.25. The first kappa shape index (κ1) is 23.5. The average Bonchev–Trinajstić information content (AvgIpc) is 2.77. The maximum atomic E-state index is 11.9. The van der Waals surface area contributed by atoms with Crippen LogP contribution in [0.3, 0.4) is 0 Å². The van der Waals surface area contributed by atoms with Gasteiger partial charge in [0, 0.05) is 39.0 Å². The molecular formula is C21H29N5O6. The molecule has 2 aliphatic rings. The summed E-state index contributed by atoms with van der Waals surface area (Å²) in [7, 11) is 1.31. The van der Waals surface area contributed by atoms with Gasteiger partial charge in [-0.2, -0.15) is 0 Å². The largest absolute Gasteiger partial charge is 0.493 e. The zero-order valence-corrected chi connectivity index (χ0v) is 18.3. The van der Waals surface area contributed by atoms with Crippen molar-refractivity contribution in [2.75, 3.05) is 46.6 Å². The van der Waals surface area contributed by atoms with Crippen LogP contribution in [0.5, 0.6) is 5.75 Å². The number of esters is 1. The molecule has 1 saturated heterocycles. The summed E-state index contributed by atoms with van der Waals surface area (Å²) in [6.07, 6.45) is 0.458. The van der Waals surface area contributed by atoms with Gasteiger partial charge in [0.15, 0.2) is 0 Å². The standard InChI is InChI=1S/C21H29N5O6/c1-14(27)23-21-24-17-11-16(4-3-15(17)12-26(21)13-19(28)30-2)32-8-5-18(20(22)29)25-6-9-31-10-7-25/h3-4,11,18H,5-10,12-13H2,1-2H3,(H2,22,29)(H,23,24,27). The molecular weight excluding hydrogens is 418 g/mol. The molecule has 1 unspecified atom stereocenters. The van der Waals surface area contributed by atoms with Crippen molar-refractivity contribution in [3.63, 3.8) is 0 Å². The van der Waals surface area contributed by atoms with Crippen molar-refractivity contribution < 1.29 is 28.6 Å². The van der Waals surface area contributed by atoms with E-state index in [4.69, 9.17) is 19.9 Å². The molecule has 1 aromatic carbocycles. The molecule has 0 aliphatic carbocycles. The minimum absolute atomic E-state index is 0.0383. The second-order valence-corrected chi connectivity index (χ2v) is 7.54. The van der Waals surface area contributed by atoms with Gasteiger partial charge in [-0.1, -0.05) is 6.07 Å². The molecule has 11 nitrogen and oxygen atoms in total. The minimum atomic E-state index is -0.435. The Balaban J connectivity index is 1.66. The van der Waals surface area contributed by atoms with Gasteiger partial charge in [0.25, 0.3) is 0 Å². The van der Waals surface area contributed by atoms with Gasteiger partial charge in [-0.15, -0.1) is 0 Å². The van der Waals surface area contributed by atoms with Crippen molar-refractivity contribution in [1.29, 1.82) is 0 Å². The van der Waals surface area contributed by atoms with Crippen molar-refractivity contribution in [3.05, 3.63) is 23.8 Å². The maximum Gasteiger partial charge on any atom is 0.325 e. The van der Waals surface area contributed by atoms with Gasteiger partial charge in [0.05, 0.1) is 38.7 Å². The lowest BCUT2D eigenvalue weighted by Gasteiger charge is -2.32. The Morgan fingerprint density at radius 3 is 2.69 bits per heavy atom. The first-order chi connectivity index (χ1) is 15.4. The number of ether oxygens (including phenoxy) is 3. The monoisotopic (exact) mass is 447 g/mol. The van der Waals surface area contributed by atoms with Gasteiger partial charge in [0.1, 0.15) is 12.3 Å². The van der Waals surface area contributed by atoms with Crippen LogP contribution in [0, 0.1) is 0 Å². The summed E-state index contributed by atoms with van der Waals surface area (Å²) in [5, 5.41) is 2.65. The molecule has 11 heteroatoms. The van der Waals surface area contributed by atoms with E-state index < -0.39 is 12.0 Å². The molecule has 2 amide bonds. The Kier molecular flexibility index (Phi) is 8.01. The summed E-state index contributed by atoms with van der Waals surface area (Å²) in [4.78, 5) is 43.3. The third-order valence-electron chi connectivity index (χ3n) is 5.25. The van der Waals surface area contributed by atoms with E-state index in [1.54, 1.807) is 11.0 Å². The number of aliphatic imine (C=N–C) groups is 1. The number of morpholine rings is 1. The lowest BCUT2D eigenvalue weighted by atomic mass is 10.1. The molecule has 0 bridgehead atoms. The van der Waals surface area contributed by atoms with Crippen molar-refractivity contribution in [2.45, 2.75) is 25.9 Å². The number of amides is 2. The molecule has 3 rings (SSSR count). The number of guanidine groups is 1. The maximum absolute atomic E-state index is 11.9. The minimum Gasteiger partial charge on any atom is -0.493 e. The molecule has 0 saturated carbocycles. The zero-order valence-electron chi connectivity index (χ0n) is 18.3. The summed E-state index contributed by atoms with van der Waals surface area (Å²) in [5.41, 5.74) is 7.09. The van der Waals surface area contributed by atoms with Crippen molar-refractivity contribution in [2.24, 2.45) is 10.7 Å². The molecule has 2 heterocycles. The van der Waals surface area contributed by atoms with Crippen molar-refractivity contribution >= 4 is 29.4 Å². The van der Waals surface area contributed by atoms with Crippen LogP contribution >= 0.6 is 0 Å². The lowest BCUT2D eigenvalue weighted by molar-refractivity contribution is -0.141. The van der Waals surface area contributed by atoms with Gasteiger partial charge in [-0.3, -0.25) is 24.6 Å². The second-order valence-electron chi connectivity index (χ2n) is 7.54. The molecule has 0 radical (unpaired) electrons. The number of hydrogen-bond donors (Lipinski definition) is 2. The van der Waals surface area contributed by atoms with Gasteiger partial charge in [0.2, 0.25) is 17.8 Å². The smallest absolute Gasteiger partial charge is 0.325 e. The van der Waals surface area contributed by atoms with E-state index in [2.05, 4.69) is 10.3 Å². The quantitative estimate of drug-likeness (QED) is 0.521.